The van der Waals surface area contributed by atoms with Gasteiger partial charge in [0.25, 0.3) is 5.91 Å². The van der Waals surface area contributed by atoms with E-state index in [2.05, 4.69) is 59.3 Å². The maximum atomic E-state index is 12.6. The molecule has 4 rings (SSSR count). The summed E-state index contributed by atoms with van der Waals surface area (Å²) in [5.74, 6) is -0.0800. The van der Waals surface area contributed by atoms with Gasteiger partial charge >= 0.3 is 12.1 Å². The van der Waals surface area contributed by atoms with Crippen LogP contribution >= 0.6 is 0 Å². The summed E-state index contributed by atoms with van der Waals surface area (Å²) in [6.07, 6.45) is 4.80. The van der Waals surface area contributed by atoms with E-state index >= 15 is 0 Å². The number of carbonyl (C=O) groups excluding carboxylic acids is 3. The Morgan fingerprint density at radius 1 is 1.00 bits per heavy atom. The molecule has 1 aliphatic carbocycles. The predicted molar refractivity (Wildman–Crippen MR) is 128 cm³/mol. The van der Waals surface area contributed by atoms with Crippen molar-refractivity contribution in [1.29, 1.82) is 0 Å². The van der Waals surface area contributed by atoms with Crippen molar-refractivity contribution in [2.75, 3.05) is 13.1 Å². The van der Waals surface area contributed by atoms with Crippen LogP contribution in [0.5, 0.6) is 0 Å². The number of benzene rings is 2. The molecule has 0 unspecified atom stereocenters. The van der Waals surface area contributed by atoms with Crippen molar-refractivity contribution < 1.29 is 14.4 Å². The van der Waals surface area contributed by atoms with Gasteiger partial charge in [0.2, 0.25) is 0 Å². The number of nitrogens with one attached hydrogen (secondary N) is 3. The fourth-order valence-electron chi connectivity index (χ4n) is 4.65. The Kier molecular flexibility index (Phi) is 6.96. The van der Waals surface area contributed by atoms with E-state index < -0.39 is 5.54 Å². The first-order chi connectivity index (χ1) is 16.0. The lowest BCUT2D eigenvalue weighted by Crippen LogP contribution is -2.44. The lowest BCUT2D eigenvalue weighted by atomic mass is 9.98. The van der Waals surface area contributed by atoms with Crippen molar-refractivity contribution in [2.45, 2.75) is 57.5 Å². The van der Waals surface area contributed by atoms with Crippen LogP contribution in [0.2, 0.25) is 0 Å². The SMILES string of the molecule is Cc1ccc(-c2cccc(CNC(=O)NCCCCN3C(=O)NC4(CCCC4)C3=O)c2)cc1. The number of imide groups is 1. The van der Waals surface area contributed by atoms with Crippen LogP contribution in [0.4, 0.5) is 9.59 Å². The number of unbranched alkanes of at least 4 members (excludes halogenated alkanes) is 1. The number of carbonyl (C=O) groups is 3. The summed E-state index contributed by atoms with van der Waals surface area (Å²) in [6, 6.07) is 16.0. The zero-order valence-electron chi connectivity index (χ0n) is 19.2. The summed E-state index contributed by atoms with van der Waals surface area (Å²) in [6.45, 7) is 3.39. The molecule has 3 N–H and O–H groups in total. The van der Waals surface area contributed by atoms with Crippen molar-refractivity contribution in [1.82, 2.24) is 20.9 Å². The van der Waals surface area contributed by atoms with E-state index in [4.69, 9.17) is 0 Å². The quantitative estimate of drug-likeness (QED) is 0.419. The zero-order chi connectivity index (χ0) is 23.3. The fourth-order valence-corrected chi connectivity index (χ4v) is 4.65. The topological polar surface area (TPSA) is 90.5 Å². The number of hydrogen-bond donors (Lipinski definition) is 3. The summed E-state index contributed by atoms with van der Waals surface area (Å²) in [5.41, 5.74) is 3.88. The number of urea groups is 2. The predicted octanol–water partition coefficient (Wildman–Crippen LogP) is 4.11. The normalized spacial score (nSPS) is 16.8. The highest BCUT2D eigenvalue weighted by Gasteiger charge is 2.51. The summed E-state index contributed by atoms with van der Waals surface area (Å²) in [7, 11) is 0. The maximum absolute atomic E-state index is 12.6. The van der Waals surface area contributed by atoms with E-state index in [0.717, 1.165) is 42.4 Å². The molecule has 1 spiro atoms. The summed E-state index contributed by atoms with van der Waals surface area (Å²) < 4.78 is 0. The largest absolute Gasteiger partial charge is 0.338 e. The highest BCUT2D eigenvalue weighted by Crippen LogP contribution is 2.35. The lowest BCUT2D eigenvalue weighted by molar-refractivity contribution is -0.131. The number of hydrogen-bond acceptors (Lipinski definition) is 3. The third-order valence-electron chi connectivity index (χ3n) is 6.56. The van der Waals surface area contributed by atoms with Crippen LogP contribution in [0.3, 0.4) is 0 Å². The monoisotopic (exact) mass is 448 g/mol. The first-order valence-corrected chi connectivity index (χ1v) is 11.8. The Balaban J connectivity index is 1.16. The summed E-state index contributed by atoms with van der Waals surface area (Å²) in [4.78, 5) is 38.3. The minimum Gasteiger partial charge on any atom is -0.338 e. The van der Waals surface area contributed by atoms with E-state index in [1.54, 1.807) is 0 Å². The molecule has 2 aromatic rings. The molecule has 174 valence electrons. The molecule has 2 aromatic carbocycles. The number of nitrogens with zero attached hydrogens (tertiary/aromatic N) is 1. The Morgan fingerprint density at radius 2 is 1.76 bits per heavy atom. The molecule has 2 aliphatic rings. The number of amides is 5. The van der Waals surface area contributed by atoms with Crippen LogP contribution in [-0.4, -0.2) is 41.5 Å². The minimum atomic E-state index is -0.647. The van der Waals surface area contributed by atoms with E-state index in [1.807, 2.05) is 12.1 Å². The zero-order valence-corrected chi connectivity index (χ0v) is 19.2. The van der Waals surface area contributed by atoms with E-state index in [1.165, 1.54) is 10.5 Å². The minimum absolute atomic E-state index is 0.0800. The molecule has 1 heterocycles. The van der Waals surface area contributed by atoms with Crippen molar-refractivity contribution in [3.63, 3.8) is 0 Å². The highest BCUT2D eigenvalue weighted by molar-refractivity contribution is 6.07. The highest BCUT2D eigenvalue weighted by atomic mass is 16.2. The van der Waals surface area contributed by atoms with Crippen molar-refractivity contribution >= 4 is 18.0 Å². The average molecular weight is 449 g/mol. The molecular formula is C26H32N4O3. The Labute approximate surface area is 194 Å². The van der Waals surface area contributed by atoms with E-state index in [0.29, 0.717) is 32.5 Å². The van der Waals surface area contributed by atoms with Gasteiger partial charge in [0.15, 0.2) is 0 Å². The van der Waals surface area contributed by atoms with Crippen LogP contribution < -0.4 is 16.0 Å². The third-order valence-corrected chi connectivity index (χ3v) is 6.56. The third kappa shape index (κ3) is 5.35. The van der Waals surface area contributed by atoms with Gasteiger partial charge in [-0.2, -0.15) is 0 Å². The molecule has 2 fully saturated rings. The van der Waals surface area contributed by atoms with Crippen LogP contribution in [0.15, 0.2) is 48.5 Å². The molecular weight excluding hydrogens is 416 g/mol. The molecule has 0 aromatic heterocycles. The van der Waals surface area contributed by atoms with Gasteiger partial charge in [-0.15, -0.1) is 0 Å². The van der Waals surface area contributed by atoms with Gasteiger partial charge in [0.05, 0.1) is 0 Å². The molecule has 1 saturated carbocycles. The standard InChI is InChI=1S/C26H32N4O3/c1-19-9-11-21(12-10-19)22-8-6-7-20(17-22)18-28-24(32)27-15-4-5-16-30-23(31)26(29-25(30)33)13-2-3-14-26/h6-12,17H,2-5,13-16,18H2,1H3,(H,29,33)(H2,27,28,32). The van der Waals surface area contributed by atoms with Crippen molar-refractivity contribution in [2.24, 2.45) is 0 Å². The average Bonchev–Trinajstić information content (AvgIpc) is 3.38. The Morgan fingerprint density at radius 3 is 2.52 bits per heavy atom. The molecule has 7 heteroatoms. The van der Waals surface area contributed by atoms with Gasteiger partial charge in [-0.1, -0.05) is 60.9 Å². The van der Waals surface area contributed by atoms with Crippen molar-refractivity contribution in [3.05, 3.63) is 59.7 Å². The fraction of sp³-hybridized carbons (Fsp3) is 0.423. The van der Waals surface area contributed by atoms with Gasteiger partial charge in [-0.05, 0) is 55.4 Å². The molecule has 0 radical (unpaired) electrons. The molecule has 33 heavy (non-hydrogen) atoms. The van der Waals surface area contributed by atoms with E-state index in [9.17, 15) is 14.4 Å². The van der Waals surface area contributed by atoms with Crippen LogP contribution in [0.1, 0.15) is 49.7 Å². The second-order valence-corrected chi connectivity index (χ2v) is 9.06. The number of rotatable bonds is 8. The van der Waals surface area contributed by atoms with Gasteiger partial charge in [0, 0.05) is 19.6 Å². The molecule has 1 saturated heterocycles. The van der Waals surface area contributed by atoms with Gasteiger partial charge in [-0.25, -0.2) is 9.59 Å². The smallest absolute Gasteiger partial charge is 0.325 e. The van der Waals surface area contributed by atoms with Gasteiger partial charge < -0.3 is 16.0 Å². The first-order valence-electron chi connectivity index (χ1n) is 11.8. The Bertz CT molecular complexity index is 1010. The molecule has 7 nitrogen and oxygen atoms in total. The molecule has 5 amide bonds. The maximum Gasteiger partial charge on any atom is 0.325 e. The second-order valence-electron chi connectivity index (χ2n) is 9.06. The Hall–Kier alpha value is -3.35. The van der Waals surface area contributed by atoms with Crippen LogP contribution in [-0.2, 0) is 11.3 Å². The molecule has 0 atom stereocenters. The first kappa shape index (κ1) is 22.8. The molecule has 0 bridgehead atoms. The van der Waals surface area contributed by atoms with Crippen LogP contribution in [0, 0.1) is 6.92 Å². The van der Waals surface area contributed by atoms with E-state index in [-0.39, 0.29) is 18.0 Å². The number of aryl methyl sites for hydroxylation is 1. The van der Waals surface area contributed by atoms with Crippen molar-refractivity contribution in [3.8, 4) is 11.1 Å². The second kappa shape index (κ2) is 10.1. The summed E-state index contributed by atoms with van der Waals surface area (Å²) in [5, 5.41) is 8.63. The van der Waals surface area contributed by atoms with Crippen LogP contribution in [0.25, 0.3) is 11.1 Å². The molecule has 1 aliphatic heterocycles. The summed E-state index contributed by atoms with van der Waals surface area (Å²) >= 11 is 0. The lowest BCUT2D eigenvalue weighted by Gasteiger charge is -2.20. The van der Waals surface area contributed by atoms with Gasteiger partial charge in [0.1, 0.15) is 5.54 Å². The van der Waals surface area contributed by atoms with Gasteiger partial charge in [-0.3, -0.25) is 9.69 Å².